The van der Waals surface area contributed by atoms with Crippen LogP contribution in [0, 0.1) is 0 Å². The van der Waals surface area contributed by atoms with Crippen molar-refractivity contribution in [2.75, 3.05) is 19.8 Å². The van der Waals surface area contributed by atoms with Crippen molar-refractivity contribution in [3.05, 3.63) is 189 Å². The number of nitrogens with one attached hydrogen (secondary N) is 8. The van der Waals surface area contributed by atoms with Gasteiger partial charge < -0.3 is 167 Å². The third kappa shape index (κ3) is 20.5. The summed E-state index contributed by atoms with van der Waals surface area (Å²) >= 11 is 14.7. The number of allylic oxidation sites excluding steroid dienone is 4. The van der Waals surface area contributed by atoms with Gasteiger partial charge in [-0.15, -0.1) is 0 Å². The maximum Gasteiger partial charge on any atom is 0.330 e. The standard InChI is InChI=1S/C88H93Cl2N9O33/c1-3-4-5-6-7-8-9-10-60(108)94-68-74(113)71(110)58(32-101)129-87(68)132-78-55-26-40-27-56(78)126-52-18-14-38(24-47(52)90)77(131-86-67(92-34(2)103)73(112)70(109)57(31-100)128-86)69-84(121)98-66(85(122)123)45-29-42(105)30-54(127-88-76(115)75(114)72(111)59(33-102)130-88)61(45)44-23-37(13-15-49(44)106)63(81(118)99-69)96-83(120)65(40)97-82(119)64-39-21-41(104)28-43(22-39)124-53-25-36(12-16-50(53)107)62(91)80(117)93-48(79(116)95-64)20-35-11-17-51(125-55)46(89)19-35/h4-5,7-8,11-19,21-30,48,57-59,62-77,86-88,100-102,104-107,109-115H,3,6,9-10,20,31-33,91H2,1-2H3,(H,92,103)(H,93,117)(H,94,108)(H,95,116)(H,96,120)(H,97,119)(H,98,121)(H,99,118)(H,122,123). The summed E-state index contributed by atoms with van der Waals surface area (Å²) in [6.45, 7) is -0.245. The van der Waals surface area contributed by atoms with Gasteiger partial charge in [0.05, 0.1) is 29.9 Å². The Hall–Kier alpha value is -12.6. The van der Waals surface area contributed by atoms with E-state index in [9.17, 15) is 95.8 Å². The van der Waals surface area contributed by atoms with Crippen molar-refractivity contribution in [1.82, 2.24) is 42.5 Å². The Morgan fingerprint density at radius 3 is 1.70 bits per heavy atom. The van der Waals surface area contributed by atoms with Crippen molar-refractivity contribution in [3.63, 3.8) is 0 Å². The van der Waals surface area contributed by atoms with Crippen LogP contribution in [0.1, 0.15) is 115 Å². The number of hydrogen-bond donors (Lipinski definition) is 24. The molecular weight excluding hydrogens is 1780 g/mol. The highest BCUT2D eigenvalue weighted by atomic mass is 35.5. The minimum Gasteiger partial charge on any atom is -0.508 e. The molecule has 0 spiro atoms. The molecule has 3 saturated heterocycles. The Bertz CT molecular complexity index is 5650. The van der Waals surface area contributed by atoms with E-state index >= 15 is 24.0 Å². The molecule has 9 aliphatic heterocycles. The number of fused-ring (bicyclic) bond motifs is 14. The summed E-state index contributed by atoms with van der Waals surface area (Å²) in [5.74, 6) is -19.8. The summed E-state index contributed by atoms with van der Waals surface area (Å²) in [6, 6.07) is 0.478. The van der Waals surface area contributed by atoms with Crippen LogP contribution >= 0.6 is 23.2 Å². The lowest BCUT2D eigenvalue weighted by atomic mass is 9.89. The van der Waals surface area contributed by atoms with E-state index in [1.165, 1.54) is 30.3 Å². The number of halogens is 2. The number of aliphatic carboxylic acids is 1. The number of benzene rings is 7. The first-order valence-corrected chi connectivity index (χ1v) is 42.2. The third-order valence-electron chi connectivity index (χ3n) is 22.8. The molecule has 7 aromatic rings. The predicted molar refractivity (Wildman–Crippen MR) is 453 cm³/mol. The molecule has 23 unspecified atom stereocenters. The van der Waals surface area contributed by atoms with Crippen LogP contribution in [-0.2, 0) is 68.5 Å². The molecule has 16 rings (SSSR count). The summed E-state index contributed by atoms with van der Waals surface area (Å²) in [5, 5.41) is 190. The van der Waals surface area contributed by atoms with Crippen molar-refractivity contribution >= 4 is 76.4 Å². The van der Waals surface area contributed by atoms with Gasteiger partial charge in [-0.1, -0.05) is 78.7 Å². The molecule has 132 heavy (non-hydrogen) atoms. The first-order valence-electron chi connectivity index (χ1n) is 41.4. The molecule has 3 fully saturated rings. The second-order valence-corrected chi connectivity index (χ2v) is 32.8. The molecule has 0 aromatic heterocycles. The Balaban J connectivity index is 1.04. The highest BCUT2D eigenvalue weighted by molar-refractivity contribution is 6.32. The van der Waals surface area contributed by atoms with Crippen LogP contribution in [-0.4, -0.2) is 254 Å². The SMILES string of the molecule is CCC=CCC=CCCC(=O)NC1C(Oc2c3cc4cc2Oc2ccc(cc2Cl)C(OC2OC(CO)C(O)C(O)C2NC(C)=O)C2NC(=O)C(NC(=O)C4NC(=O)C4NC(=O)C(Cc5ccc(c(Cl)c5)O3)NC(=O)C(N)c3ccc(O)c(c3)Oc3cc(O)cc4c3)c3ccc(O)c(c3)-c3c(OC4OC(CO)C(O)C(O)C4O)cc(O)cc3C(C(=O)O)NC2=O)OC(CO)C(O)C1O. The molecule has 0 radical (unpaired) electrons. The Morgan fingerprint density at radius 1 is 0.508 bits per heavy atom. The number of aromatic hydroxyl groups is 4. The number of hydrogen-bond acceptors (Lipinski definition) is 33. The average molecular weight is 1880 g/mol. The number of aliphatic hydroxyl groups excluding tert-OH is 10. The van der Waals surface area contributed by atoms with E-state index in [-0.39, 0.29) is 46.2 Å². The van der Waals surface area contributed by atoms with E-state index in [1.54, 1.807) is 12.2 Å². The van der Waals surface area contributed by atoms with Crippen LogP contribution < -0.4 is 72.0 Å². The summed E-state index contributed by atoms with van der Waals surface area (Å²) in [4.78, 5) is 138. The van der Waals surface area contributed by atoms with Gasteiger partial charge in [0, 0.05) is 48.6 Å². The van der Waals surface area contributed by atoms with E-state index in [4.69, 9.17) is 71.6 Å². The van der Waals surface area contributed by atoms with Crippen LogP contribution in [0.15, 0.2) is 140 Å². The lowest BCUT2D eigenvalue weighted by Gasteiger charge is -2.44. The van der Waals surface area contributed by atoms with E-state index in [1.807, 2.05) is 19.1 Å². The van der Waals surface area contributed by atoms with Gasteiger partial charge in [-0.3, -0.25) is 38.4 Å². The maximum atomic E-state index is 17.0. The molecule has 17 bridgehead atoms. The van der Waals surface area contributed by atoms with Gasteiger partial charge in [0.25, 0.3) is 0 Å². The van der Waals surface area contributed by atoms with E-state index < -0.39 is 316 Å². The van der Waals surface area contributed by atoms with Crippen molar-refractivity contribution in [2.45, 2.75) is 186 Å². The van der Waals surface area contributed by atoms with Crippen molar-refractivity contribution in [3.8, 4) is 80.1 Å². The first kappa shape index (κ1) is 95.5. The number of carbonyl (C=O) groups is 9. The van der Waals surface area contributed by atoms with Gasteiger partial charge in [-0.2, -0.15) is 0 Å². The van der Waals surface area contributed by atoms with Crippen molar-refractivity contribution < 1.29 is 162 Å². The number of carbonyl (C=O) groups excluding carboxylic acids is 8. The summed E-state index contributed by atoms with van der Waals surface area (Å²) < 4.78 is 57.4. The van der Waals surface area contributed by atoms with Crippen LogP contribution in [0.25, 0.3) is 11.1 Å². The molecule has 9 aliphatic rings. The van der Waals surface area contributed by atoms with Crippen LogP contribution in [0.5, 0.6) is 69.0 Å². The number of rotatable bonds is 18. The quantitative estimate of drug-likeness (QED) is 0.0526. The molecule has 0 aliphatic carbocycles. The van der Waals surface area contributed by atoms with Crippen LogP contribution in [0.2, 0.25) is 10.0 Å². The fraction of sp³-hybridized carbons (Fsp3) is 0.375. The van der Waals surface area contributed by atoms with Crippen molar-refractivity contribution in [1.29, 1.82) is 0 Å². The van der Waals surface area contributed by atoms with Gasteiger partial charge in [-0.25, -0.2) is 4.79 Å². The Kier molecular flexibility index (Phi) is 29.4. The Labute approximate surface area is 758 Å². The number of carboxylic acid groups (broad SMARTS) is 1. The molecule has 0 saturated carbocycles. The summed E-state index contributed by atoms with van der Waals surface area (Å²) in [6.07, 6.45) is -20.8. The topological polar surface area (TPSA) is 662 Å². The summed E-state index contributed by atoms with van der Waals surface area (Å²) in [7, 11) is 0. The van der Waals surface area contributed by atoms with Gasteiger partial charge in [0.15, 0.2) is 35.3 Å². The molecule has 25 N–H and O–H groups in total. The highest BCUT2D eigenvalue weighted by Crippen LogP contribution is 2.51. The summed E-state index contributed by atoms with van der Waals surface area (Å²) in [5.41, 5.74) is 2.74. The second-order valence-electron chi connectivity index (χ2n) is 32.0. The third-order valence-corrected chi connectivity index (χ3v) is 23.4. The molecule has 702 valence electrons. The second kappa shape index (κ2) is 40.7. The Morgan fingerprint density at radius 2 is 1.07 bits per heavy atom. The van der Waals surface area contributed by atoms with Crippen LogP contribution in [0.3, 0.4) is 0 Å². The monoisotopic (exact) mass is 1870 g/mol. The smallest absolute Gasteiger partial charge is 0.330 e. The average Bonchev–Trinajstić information content (AvgIpc) is 0.757. The molecule has 9 heterocycles. The lowest BCUT2D eigenvalue weighted by molar-refractivity contribution is -0.284. The molecular formula is C88H93Cl2N9O33. The number of aliphatic hydroxyl groups is 10. The number of nitrogens with two attached hydrogens (primary N) is 1. The highest BCUT2D eigenvalue weighted by Gasteiger charge is 2.52. The molecule has 44 heteroatoms. The largest absolute Gasteiger partial charge is 0.508 e. The molecule has 23 atom stereocenters. The predicted octanol–water partition coefficient (Wildman–Crippen LogP) is 0.716. The van der Waals surface area contributed by atoms with E-state index in [0.29, 0.717) is 6.42 Å². The fourth-order valence-corrected chi connectivity index (χ4v) is 16.5. The van der Waals surface area contributed by atoms with Crippen LogP contribution in [0.4, 0.5) is 0 Å². The molecule has 7 aromatic carbocycles. The van der Waals surface area contributed by atoms with E-state index in [2.05, 4.69) is 42.5 Å². The number of carboxylic acids is 1. The maximum absolute atomic E-state index is 17.0. The number of ether oxygens (including phenoxy) is 9. The van der Waals surface area contributed by atoms with Gasteiger partial charge in [-0.05, 0) is 132 Å². The minimum absolute atomic E-state index is 0.0234. The lowest BCUT2D eigenvalue weighted by Crippen LogP contribution is -2.65. The van der Waals surface area contributed by atoms with Gasteiger partial charge in [0.2, 0.25) is 65.6 Å². The zero-order valence-corrected chi connectivity index (χ0v) is 71.1. The zero-order valence-electron chi connectivity index (χ0n) is 69.6. The number of phenolic OH excluding ortho intramolecular Hbond substituents is 4. The normalized spacial score (nSPS) is 29.0. The minimum atomic E-state index is -2.60. The first-order chi connectivity index (χ1) is 63.0. The number of phenols is 4. The molecule has 42 nitrogen and oxygen atoms in total. The van der Waals surface area contributed by atoms with Gasteiger partial charge in [0.1, 0.15) is 156 Å². The fourth-order valence-electron chi connectivity index (χ4n) is 16.1. The van der Waals surface area contributed by atoms with Gasteiger partial charge >= 0.3 is 5.97 Å². The zero-order chi connectivity index (χ0) is 94.7. The van der Waals surface area contributed by atoms with E-state index in [0.717, 1.165) is 98.3 Å². The van der Waals surface area contributed by atoms with Crippen molar-refractivity contribution in [2.24, 2.45) is 5.73 Å². The molecule has 8 amide bonds. The number of amides is 8.